The molecule has 0 N–H and O–H groups in total. The lowest BCUT2D eigenvalue weighted by molar-refractivity contribution is 0.300. The van der Waals surface area contributed by atoms with Crippen molar-refractivity contribution in [2.24, 2.45) is 0 Å². The molecule has 0 atom stereocenters. The summed E-state index contributed by atoms with van der Waals surface area (Å²) in [5.41, 5.74) is -0.000452. The van der Waals surface area contributed by atoms with E-state index in [0.29, 0.717) is 24.1 Å². The largest absolute Gasteiger partial charge is 0.497 e. The molecule has 2 aromatic carbocycles. The van der Waals surface area contributed by atoms with Crippen LogP contribution in [0.1, 0.15) is 12.8 Å². The third-order valence-corrected chi connectivity index (χ3v) is 3.92. The van der Waals surface area contributed by atoms with E-state index in [2.05, 4.69) is 0 Å². The van der Waals surface area contributed by atoms with Crippen LogP contribution < -0.4 is 20.9 Å². The van der Waals surface area contributed by atoms with Gasteiger partial charge < -0.3 is 13.9 Å². The number of nitrogens with zero attached hydrogens (tertiary/aromatic N) is 1. The summed E-state index contributed by atoms with van der Waals surface area (Å²) in [5.74, 6) is 0.929. The highest BCUT2D eigenvalue weighted by molar-refractivity contribution is 5.77. The van der Waals surface area contributed by atoms with E-state index in [9.17, 15) is 9.59 Å². The molecule has 3 aromatic rings. The third-order valence-electron chi connectivity index (χ3n) is 3.92. The van der Waals surface area contributed by atoms with Crippen LogP contribution in [-0.2, 0) is 6.54 Å². The van der Waals surface area contributed by atoms with Gasteiger partial charge in [0, 0.05) is 6.54 Å². The minimum absolute atomic E-state index is 0.414. The van der Waals surface area contributed by atoms with E-state index in [1.54, 1.807) is 31.4 Å². The predicted molar refractivity (Wildman–Crippen MR) is 94.5 cm³/mol. The van der Waals surface area contributed by atoms with Crippen LogP contribution in [-0.4, -0.2) is 18.3 Å². The van der Waals surface area contributed by atoms with Crippen LogP contribution in [0.3, 0.4) is 0 Å². The maximum atomic E-state index is 12.0. The number of unbranched alkanes of at least 4 members (excludes halogenated alkanes) is 1. The number of aryl methyl sites for hydroxylation is 1. The molecular weight excluding hydrogens is 322 g/mol. The van der Waals surface area contributed by atoms with Crippen molar-refractivity contribution >= 4 is 10.9 Å². The first kappa shape index (κ1) is 16.8. The van der Waals surface area contributed by atoms with Crippen LogP contribution in [0.25, 0.3) is 10.9 Å². The van der Waals surface area contributed by atoms with Gasteiger partial charge in [0.1, 0.15) is 11.5 Å². The molecule has 0 spiro atoms. The minimum Gasteiger partial charge on any atom is -0.497 e. The van der Waals surface area contributed by atoms with Crippen molar-refractivity contribution in [3.63, 3.8) is 0 Å². The molecule has 0 bridgehead atoms. The number of methoxy groups -OCH3 is 1. The van der Waals surface area contributed by atoms with E-state index in [0.717, 1.165) is 24.3 Å². The minimum atomic E-state index is -0.625. The molecule has 0 aliphatic heterocycles. The number of ether oxygens (including phenoxy) is 2. The van der Waals surface area contributed by atoms with Gasteiger partial charge in [0.2, 0.25) is 0 Å². The van der Waals surface area contributed by atoms with Gasteiger partial charge in [0.05, 0.1) is 24.6 Å². The molecule has 130 valence electrons. The summed E-state index contributed by atoms with van der Waals surface area (Å²) in [6.45, 7) is 1.00. The van der Waals surface area contributed by atoms with Gasteiger partial charge in [-0.25, -0.2) is 9.59 Å². The Kier molecular flexibility index (Phi) is 5.18. The molecule has 3 rings (SSSR count). The van der Waals surface area contributed by atoms with Crippen LogP contribution in [0.4, 0.5) is 0 Å². The van der Waals surface area contributed by atoms with Gasteiger partial charge in [-0.15, -0.1) is 0 Å². The Bertz CT molecular complexity index is 956. The molecule has 0 saturated heterocycles. The standard InChI is InChI=1S/C19H19NO5/c1-23-14-8-10-15(11-9-14)24-13-5-4-12-20-17-7-3-2-6-16(17)18(21)25-19(20)22/h2-3,6-11H,4-5,12-13H2,1H3. The fourth-order valence-electron chi connectivity index (χ4n) is 2.62. The van der Waals surface area contributed by atoms with E-state index in [4.69, 9.17) is 13.9 Å². The van der Waals surface area contributed by atoms with Gasteiger partial charge in [-0.1, -0.05) is 12.1 Å². The summed E-state index contributed by atoms with van der Waals surface area (Å²) >= 11 is 0. The average molecular weight is 341 g/mol. The first-order valence-corrected chi connectivity index (χ1v) is 8.08. The Morgan fingerprint density at radius 1 is 0.960 bits per heavy atom. The smallest absolute Gasteiger partial charge is 0.422 e. The number of hydrogen-bond donors (Lipinski definition) is 0. The van der Waals surface area contributed by atoms with E-state index >= 15 is 0 Å². The lowest BCUT2D eigenvalue weighted by Crippen LogP contribution is -2.25. The van der Waals surface area contributed by atoms with Crippen molar-refractivity contribution in [3.05, 3.63) is 69.5 Å². The van der Waals surface area contributed by atoms with Crippen molar-refractivity contribution in [3.8, 4) is 11.5 Å². The van der Waals surface area contributed by atoms with Crippen molar-refractivity contribution in [1.82, 2.24) is 4.57 Å². The van der Waals surface area contributed by atoms with E-state index in [1.807, 2.05) is 24.3 Å². The number of para-hydroxylation sites is 1. The van der Waals surface area contributed by atoms with Crippen molar-refractivity contribution < 1.29 is 13.9 Å². The fourth-order valence-corrected chi connectivity index (χ4v) is 2.62. The molecule has 0 saturated carbocycles. The Hall–Kier alpha value is -3.02. The maximum Gasteiger partial charge on any atom is 0.422 e. The van der Waals surface area contributed by atoms with Crippen molar-refractivity contribution in [2.75, 3.05) is 13.7 Å². The molecule has 0 radical (unpaired) electrons. The molecule has 1 aromatic heterocycles. The van der Waals surface area contributed by atoms with Gasteiger partial charge in [-0.2, -0.15) is 0 Å². The number of rotatable bonds is 7. The number of benzene rings is 2. The molecule has 0 unspecified atom stereocenters. The molecule has 6 heteroatoms. The summed E-state index contributed by atoms with van der Waals surface area (Å²) in [4.78, 5) is 23.7. The fraction of sp³-hybridized carbons (Fsp3) is 0.263. The van der Waals surface area contributed by atoms with Crippen LogP contribution in [0, 0.1) is 0 Å². The molecule has 1 heterocycles. The van der Waals surface area contributed by atoms with E-state index in [-0.39, 0.29) is 0 Å². The van der Waals surface area contributed by atoms with Crippen LogP contribution in [0.2, 0.25) is 0 Å². The summed E-state index contributed by atoms with van der Waals surface area (Å²) in [6, 6.07) is 14.3. The molecule has 0 amide bonds. The van der Waals surface area contributed by atoms with Gasteiger partial charge >= 0.3 is 11.4 Å². The summed E-state index contributed by atoms with van der Waals surface area (Å²) in [6.07, 6.45) is 1.50. The average Bonchev–Trinajstić information content (AvgIpc) is 2.64. The molecule has 25 heavy (non-hydrogen) atoms. The normalized spacial score (nSPS) is 10.8. The molecule has 0 aliphatic rings. The molecule has 0 aliphatic carbocycles. The number of fused-ring (bicyclic) bond motifs is 1. The topological polar surface area (TPSA) is 70.7 Å². The predicted octanol–water partition coefficient (Wildman–Crippen LogP) is 2.82. The van der Waals surface area contributed by atoms with Gasteiger partial charge in [0.15, 0.2) is 0 Å². The van der Waals surface area contributed by atoms with Crippen molar-refractivity contribution in [1.29, 1.82) is 0 Å². The summed E-state index contributed by atoms with van der Waals surface area (Å²) in [5, 5.41) is 0.414. The van der Waals surface area contributed by atoms with Gasteiger partial charge in [-0.3, -0.25) is 4.57 Å². The van der Waals surface area contributed by atoms with Crippen molar-refractivity contribution in [2.45, 2.75) is 19.4 Å². The quantitative estimate of drug-likeness (QED) is 0.618. The van der Waals surface area contributed by atoms with Crippen LogP contribution >= 0.6 is 0 Å². The van der Waals surface area contributed by atoms with E-state index in [1.165, 1.54) is 4.57 Å². The van der Waals surface area contributed by atoms with Gasteiger partial charge in [-0.05, 0) is 49.2 Å². The highest BCUT2D eigenvalue weighted by atomic mass is 16.5. The zero-order valence-corrected chi connectivity index (χ0v) is 13.9. The second-order valence-corrected chi connectivity index (χ2v) is 5.56. The molecular formula is C19H19NO5. The lowest BCUT2D eigenvalue weighted by atomic mass is 10.2. The highest BCUT2D eigenvalue weighted by Gasteiger charge is 2.08. The van der Waals surface area contributed by atoms with Crippen LogP contribution in [0.5, 0.6) is 11.5 Å². The second-order valence-electron chi connectivity index (χ2n) is 5.56. The van der Waals surface area contributed by atoms with E-state index < -0.39 is 11.4 Å². The molecule has 6 nitrogen and oxygen atoms in total. The highest BCUT2D eigenvalue weighted by Crippen LogP contribution is 2.17. The zero-order valence-electron chi connectivity index (χ0n) is 13.9. The Morgan fingerprint density at radius 3 is 2.44 bits per heavy atom. The summed E-state index contributed by atoms with van der Waals surface area (Å²) in [7, 11) is 1.62. The number of aromatic nitrogens is 1. The SMILES string of the molecule is COc1ccc(OCCCCn2c(=O)oc(=O)c3ccccc32)cc1. The third kappa shape index (κ3) is 3.91. The zero-order chi connectivity index (χ0) is 17.6. The second kappa shape index (κ2) is 7.70. The van der Waals surface area contributed by atoms with Gasteiger partial charge in [0.25, 0.3) is 0 Å². The summed E-state index contributed by atoms with van der Waals surface area (Å²) < 4.78 is 17.0. The number of hydrogen-bond acceptors (Lipinski definition) is 5. The lowest BCUT2D eigenvalue weighted by Gasteiger charge is -2.09. The first-order valence-electron chi connectivity index (χ1n) is 8.08. The monoisotopic (exact) mass is 341 g/mol. The Balaban J connectivity index is 1.58. The first-order chi connectivity index (χ1) is 12.2. The Morgan fingerprint density at radius 2 is 1.68 bits per heavy atom. The van der Waals surface area contributed by atoms with Crippen LogP contribution in [0.15, 0.2) is 62.5 Å². The Labute approximate surface area is 144 Å². The molecule has 0 fully saturated rings. The maximum absolute atomic E-state index is 12.0.